The molecule has 0 aliphatic rings. The van der Waals surface area contributed by atoms with E-state index in [2.05, 4.69) is 31.0 Å². The van der Waals surface area contributed by atoms with Gasteiger partial charge in [0.05, 0.1) is 11.9 Å². The number of nitrogens with one attached hydrogen (secondary N) is 3. The number of aliphatic hydroxyl groups is 1. The predicted octanol–water partition coefficient (Wildman–Crippen LogP) is 1.81. The average Bonchev–Trinajstić information content (AvgIpc) is 3.28. The van der Waals surface area contributed by atoms with Crippen LogP contribution in [0.25, 0.3) is 11.5 Å². The molecule has 11 heteroatoms. The van der Waals surface area contributed by atoms with E-state index in [0.29, 0.717) is 23.0 Å². The molecular formula is C23H26N8O3. The number of rotatable bonds is 8. The zero-order chi connectivity index (χ0) is 24.3. The lowest BCUT2D eigenvalue weighted by Gasteiger charge is -2.21. The first-order valence-corrected chi connectivity index (χ1v) is 10.7. The molecule has 4 aromatic heterocycles. The van der Waals surface area contributed by atoms with E-state index in [1.54, 1.807) is 55.8 Å². The van der Waals surface area contributed by atoms with Crippen LogP contribution in [0.4, 0.5) is 17.2 Å². The van der Waals surface area contributed by atoms with Crippen LogP contribution in [0.15, 0.2) is 59.8 Å². The maximum absolute atomic E-state index is 13.0. The van der Waals surface area contributed by atoms with Crippen molar-refractivity contribution in [3.05, 3.63) is 71.0 Å². The molecule has 0 saturated carbocycles. The summed E-state index contributed by atoms with van der Waals surface area (Å²) in [6.45, 7) is 3.91. The summed E-state index contributed by atoms with van der Waals surface area (Å²) >= 11 is 0. The highest BCUT2D eigenvalue weighted by Gasteiger charge is 2.21. The molecule has 0 bridgehead atoms. The number of fused-ring (bicyclic) bond motifs is 1. The van der Waals surface area contributed by atoms with Crippen LogP contribution >= 0.6 is 0 Å². The Morgan fingerprint density at radius 1 is 1.15 bits per heavy atom. The molecule has 4 N–H and O–H groups in total. The van der Waals surface area contributed by atoms with Gasteiger partial charge in [0.15, 0.2) is 17.2 Å². The molecule has 0 fully saturated rings. The van der Waals surface area contributed by atoms with Crippen LogP contribution < -0.4 is 21.5 Å². The van der Waals surface area contributed by atoms with E-state index in [4.69, 9.17) is 0 Å². The molecule has 4 rings (SSSR count). The number of anilines is 3. The van der Waals surface area contributed by atoms with Crippen molar-refractivity contribution >= 4 is 28.7 Å². The molecule has 0 unspecified atom stereocenters. The van der Waals surface area contributed by atoms with E-state index < -0.39 is 5.41 Å². The third-order valence-electron chi connectivity index (χ3n) is 5.23. The van der Waals surface area contributed by atoms with Gasteiger partial charge in [-0.1, -0.05) is 19.9 Å². The number of hydrogen-bond donors (Lipinski definition) is 4. The molecule has 0 aliphatic heterocycles. The van der Waals surface area contributed by atoms with Gasteiger partial charge in [-0.05, 0) is 24.3 Å². The molecule has 0 radical (unpaired) electrons. The summed E-state index contributed by atoms with van der Waals surface area (Å²) in [6, 6.07) is 10.4. The monoisotopic (exact) mass is 462 g/mol. The summed E-state index contributed by atoms with van der Waals surface area (Å²) < 4.78 is 2.84. The number of aromatic nitrogens is 5. The van der Waals surface area contributed by atoms with Crippen LogP contribution in [-0.2, 0) is 0 Å². The first-order valence-electron chi connectivity index (χ1n) is 10.7. The number of nitrogens with zero attached hydrogens (tertiary/aromatic N) is 5. The van der Waals surface area contributed by atoms with E-state index in [1.807, 2.05) is 13.8 Å². The van der Waals surface area contributed by atoms with Gasteiger partial charge < -0.3 is 21.1 Å². The van der Waals surface area contributed by atoms with Gasteiger partial charge in [-0.3, -0.25) is 14.2 Å². The molecule has 0 atom stereocenters. The third kappa shape index (κ3) is 4.59. The first kappa shape index (κ1) is 22.9. The molecule has 34 heavy (non-hydrogen) atoms. The summed E-state index contributed by atoms with van der Waals surface area (Å²) in [7, 11) is 1.73. The second-order valence-electron chi connectivity index (χ2n) is 8.49. The van der Waals surface area contributed by atoms with E-state index in [0.717, 1.165) is 0 Å². The fourth-order valence-corrected chi connectivity index (χ4v) is 3.24. The van der Waals surface area contributed by atoms with Crippen molar-refractivity contribution in [2.75, 3.05) is 30.8 Å². The summed E-state index contributed by atoms with van der Waals surface area (Å²) in [5, 5.41) is 22.8. The predicted molar refractivity (Wildman–Crippen MR) is 129 cm³/mol. The maximum Gasteiger partial charge on any atom is 0.279 e. The van der Waals surface area contributed by atoms with Gasteiger partial charge >= 0.3 is 0 Å². The van der Waals surface area contributed by atoms with Crippen molar-refractivity contribution in [1.82, 2.24) is 29.5 Å². The fourth-order valence-electron chi connectivity index (χ4n) is 3.24. The average molecular weight is 463 g/mol. The molecular weight excluding hydrogens is 436 g/mol. The maximum atomic E-state index is 13.0. The Balaban J connectivity index is 1.69. The van der Waals surface area contributed by atoms with E-state index in [-0.39, 0.29) is 36.0 Å². The summed E-state index contributed by atoms with van der Waals surface area (Å²) in [4.78, 5) is 34.4. The topological polar surface area (TPSA) is 138 Å². The molecule has 0 spiro atoms. The van der Waals surface area contributed by atoms with E-state index >= 15 is 0 Å². The Bertz CT molecular complexity index is 1380. The van der Waals surface area contributed by atoms with E-state index in [9.17, 15) is 14.7 Å². The van der Waals surface area contributed by atoms with Crippen LogP contribution in [0.5, 0.6) is 0 Å². The van der Waals surface area contributed by atoms with Crippen molar-refractivity contribution < 1.29 is 9.90 Å². The summed E-state index contributed by atoms with van der Waals surface area (Å²) in [6.07, 6.45) is 4.69. The Labute approximate surface area is 195 Å². The number of imidazole rings is 1. The molecule has 4 aromatic rings. The molecule has 0 aromatic carbocycles. The fraction of sp³-hybridized carbons (Fsp3) is 0.261. The zero-order valence-corrected chi connectivity index (χ0v) is 19.1. The molecule has 4 heterocycles. The quantitative estimate of drug-likeness (QED) is 0.311. The number of hydrogen-bond acceptors (Lipinski definition) is 8. The first-order chi connectivity index (χ1) is 16.3. The number of carbonyl (C=O) groups excluding carboxylic acids is 1. The van der Waals surface area contributed by atoms with Crippen LogP contribution in [0, 0.1) is 5.41 Å². The lowest BCUT2D eigenvalue weighted by molar-refractivity contribution is 0.0904. The van der Waals surface area contributed by atoms with Gasteiger partial charge in [-0.25, -0.2) is 14.5 Å². The normalized spacial score (nSPS) is 11.4. The minimum absolute atomic E-state index is 0.0657. The second-order valence-corrected chi connectivity index (χ2v) is 8.49. The smallest absolute Gasteiger partial charge is 0.279 e. The highest BCUT2D eigenvalue weighted by Crippen LogP contribution is 2.22. The number of pyridine rings is 2. The minimum Gasteiger partial charge on any atom is -0.396 e. The Morgan fingerprint density at radius 3 is 2.68 bits per heavy atom. The van der Waals surface area contributed by atoms with Gasteiger partial charge in [0, 0.05) is 44.1 Å². The number of carbonyl (C=O) groups is 1. The van der Waals surface area contributed by atoms with Crippen LogP contribution in [0.3, 0.4) is 0 Å². The van der Waals surface area contributed by atoms with Gasteiger partial charge in [0.1, 0.15) is 11.5 Å². The highest BCUT2D eigenvalue weighted by atomic mass is 16.3. The summed E-state index contributed by atoms with van der Waals surface area (Å²) in [5.74, 6) is 0.461. The molecule has 1 amide bonds. The van der Waals surface area contributed by atoms with E-state index in [1.165, 1.54) is 15.3 Å². The van der Waals surface area contributed by atoms with Gasteiger partial charge in [-0.2, -0.15) is 0 Å². The van der Waals surface area contributed by atoms with Crippen LogP contribution in [0.1, 0.15) is 24.3 Å². The van der Waals surface area contributed by atoms with Crippen molar-refractivity contribution in [3.63, 3.8) is 0 Å². The van der Waals surface area contributed by atoms with Crippen LogP contribution in [-0.4, -0.2) is 55.4 Å². The number of amides is 1. The number of aliphatic hydroxyl groups excluding tert-OH is 1. The zero-order valence-electron chi connectivity index (χ0n) is 19.1. The Morgan fingerprint density at radius 2 is 1.97 bits per heavy atom. The second kappa shape index (κ2) is 9.32. The molecule has 0 aliphatic carbocycles. The lowest BCUT2D eigenvalue weighted by Crippen LogP contribution is -2.36. The molecule has 176 valence electrons. The molecule has 0 saturated heterocycles. The van der Waals surface area contributed by atoms with Crippen molar-refractivity contribution in [2.45, 2.75) is 13.8 Å². The third-order valence-corrected chi connectivity index (χ3v) is 5.23. The SMILES string of the molecule is CNc1cc(Nc2cccn(-c3ccccn3)c2=O)nn2c(C(=O)NCC(C)(C)CO)cnc12. The van der Waals surface area contributed by atoms with Crippen molar-refractivity contribution in [3.8, 4) is 5.82 Å². The van der Waals surface area contributed by atoms with Crippen LogP contribution in [0.2, 0.25) is 0 Å². The lowest BCUT2D eigenvalue weighted by atomic mass is 9.95. The highest BCUT2D eigenvalue weighted by molar-refractivity contribution is 5.94. The largest absolute Gasteiger partial charge is 0.396 e. The van der Waals surface area contributed by atoms with Gasteiger partial charge in [0.2, 0.25) is 0 Å². The molecule has 11 nitrogen and oxygen atoms in total. The standard InChI is InChI=1S/C23H26N8O3/c1-23(2,14-32)13-27-21(33)17-12-26-20-16(24-3)11-18(29-31(17)20)28-15-7-6-10-30(22(15)34)19-8-4-5-9-25-19/h4-12,24,32H,13-14H2,1-3H3,(H,27,33)(H,28,29). The Hall–Kier alpha value is -4.25. The Kier molecular flexibility index (Phi) is 6.28. The minimum atomic E-state index is -0.465. The van der Waals surface area contributed by atoms with Crippen molar-refractivity contribution in [2.24, 2.45) is 5.41 Å². The van der Waals surface area contributed by atoms with Crippen molar-refractivity contribution in [1.29, 1.82) is 0 Å². The van der Waals surface area contributed by atoms with Gasteiger partial charge in [0.25, 0.3) is 11.5 Å². The van der Waals surface area contributed by atoms with Gasteiger partial charge in [-0.15, -0.1) is 5.10 Å². The summed E-state index contributed by atoms with van der Waals surface area (Å²) in [5.41, 5.74) is 0.823.